The van der Waals surface area contributed by atoms with Crippen LogP contribution in [0, 0.1) is 34.6 Å². The average Bonchev–Trinajstić information content (AvgIpc) is 3.49. The Morgan fingerprint density at radius 1 is 0.977 bits per heavy atom. The first kappa shape index (κ1) is 28.7. The fourth-order valence-corrected chi connectivity index (χ4v) is 6.05. The summed E-state index contributed by atoms with van der Waals surface area (Å²) in [6.45, 7) is 14.5. The van der Waals surface area contributed by atoms with Gasteiger partial charge < -0.3 is 9.73 Å². The molecule has 0 bridgehead atoms. The van der Waals surface area contributed by atoms with E-state index in [1.165, 1.54) is 22.3 Å². The van der Waals surface area contributed by atoms with Crippen LogP contribution in [-0.2, 0) is 4.74 Å². The van der Waals surface area contributed by atoms with Gasteiger partial charge in [0, 0.05) is 34.6 Å². The van der Waals surface area contributed by atoms with Crippen LogP contribution in [0.3, 0.4) is 0 Å². The van der Waals surface area contributed by atoms with E-state index in [9.17, 15) is 13.2 Å². The molecule has 0 amide bonds. The maximum Gasteiger partial charge on any atom is 0.522 e. The molecule has 1 fully saturated rings. The molecular weight excluding hydrogens is 553 g/mol. The largest absolute Gasteiger partial charge is 0.522 e. The Morgan fingerprint density at radius 3 is 2.40 bits per heavy atom. The van der Waals surface area contributed by atoms with Crippen molar-refractivity contribution in [3.8, 4) is 22.4 Å². The molecule has 9 heteroatoms. The van der Waals surface area contributed by atoms with E-state index in [-0.39, 0.29) is 18.8 Å². The summed E-state index contributed by atoms with van der Waals surface area (Å²) in [5.74, 6) is 0.853. The van der Waals surface area contributed by atoms with Gasteiger partial charge in [0.25, 0.3) is 0 Å². The van der Waals surface area contributed by atoms with E-state index in [4.69, 9.17) is 4.42 Å². The van der Waals surface area contributed by atoms with Gasteiger partial charge in [0.05, 0.1) is 17.8 Å². The Bertz CT molecular complexity index is 1840. The van der Waals surface area contributed by atoms with Gasteiger partial charge in [0.1, 0.15) is 11.5 Å². The first-order chi connectivity index (χ1) is 20.4. The van der Waals surface area contributed by atoms with Crippen molar-refractivity contribution in [2.45, 2.75) is 65.8 Å². The summed E-state index contributed by atoms with van der Waals surface area (Å²) in [6.07, 6.45) is -1.26. The first-order valence-electron chi connectivity index (χ1n) is 14.2. The minimum atomic E-state index is -4.63. The van der Waals surface area contributed by atoms with E-state index in [0.717, 1.165) is 33.5 Å². The molecule has 1 N–H and O–H groups in total. The number of fused-ring (bicyclic) bond motifs is 1. The highest BCUT2D eigenvalue weighted by molar-refractivity contribution is 5.87. The Balaban J connectivity index is 1.24. The van der Waals surface area contributed by atoms with Crippen molar-refractivity contribution in [3.63, 3.8) is 0 Å². The van der Waals surface area contributed by atoms with E-state index in [1.807, 2.05) is 49.0 Å². The van der Waals surface area contributed by atoms with Gasteiger partial charge in [-0.25, -0.2) is 9.50 Å². The Morgan fingerprint density at radius 2 is 1.70 bits per heavy atom. The van der Waals surface area contributed by atoms with Gasteiger partial charge in [-0.05, 0) is 93.5 Å². The van der Waals surface area contributed by atoms with Crippen molar-refractivity contribution in [1.82, 2.24) is 14.6 Å². The van der Waals surface area contributed by atoms with Crippen LogP contribution < -0.4 is 5.32 Å². The number of nitrogens with zero attached hydrogens (tertiary/aromatic N) is 3. The lowest BCUT2D eigenvalue weighted by Gasteiger charge is -2.33. The zero-order valence-corrected chi connectivity index (χ0v) is 24.8. The van der Waals surface area contributed by atoms with Gasteiger partial charge in [-0.15, -0.1) is 13.2 Å². The number of nitrogens with one attached hydrogen (secondary N) is 1. The molecule has 1 saturated carbocycles. The summed E-state index contributed by atoms with van der Waals surface area (Å²) in [6, 6.07) is 14.6. The summed E-state index contributed by atoms with van der Waals surface area (Å²) in [5, 5.41) is 8.03. The van der Waals surface area contributed by atoms with Crippen molar-refractivity contribution in [2.24, 2.45) is 0 Å². The van der Waals surface area contributed by atoms with E-state index >= 15 is 0 Å². The van der Waals surface area contributed by atoms with Gasteiger partial charge in [0.2, 0.25) is 0 Å². The molecule has 1 aliphatic carbocycles. The summed E-state index contributed by atoms with van der Waals surface area (Å²) in [4.78, 5) is 4.66. The lowest BCUT2D eigenvalue weighted by atomic mass is 9.82. The number of hydrogen-bond acceptors (Lipinski definition) is 5. The van der Waals surface area contributed by atoms with E-state index in [2.05, 4.69) is 71.8 Å². The van der Waals surface area contributed by atoms with Crippen LogP contribution in [0.15, 0.2) is 65.9 Å². The molecule has 0 aliphatic heterocycles. The minimum absolute atomic E-state index is 0.199. The van der Waals surface area contributed by atoms with E-state index in [0.29, 0.717) is 23.0 Å². The third-order valence-corrected chi connectivity index (χ3v) is 8.17. The first-order valence-corrected chi connectivity index (χ1v) is 14.2. The second kappa shape index (κ2) is 10.7. The van der Waals surface area contributed by atoms with Crippen LogP contribution in [0.2, 0.25) is 0 Å². The number of rotatable bonds is 7. The van der Waals surface area contributed by atoms with Crippen molar-refractivity contribution >= 4 is 16.9 Å². The highest BCUT2D eigenvalue weighted by atomic mass is 19.4. The molecular formula is C34H33F3N4O2. The predicted octanol–water partition coefficient (Wildman–Crippen LogP) is 9.06. The van der Waals surface area contributed by atoms with Crippen molar-refractivity contribution in [3.05, 3.63) is 101 Å². The number of anilines is 1. The monoisotopic (exact) mass is 586 g/mol. The molecule has 0 saturated heterocycles. The molecule has 0 spiro atoms. The minimum Gasteiger partial charge on any atom is -0.445 e. The van der Waals surface area contributed by atoms with E-state index in [1.54, 1.807) is 0 Å². The molecule has 0 atom stereocenters. The normalized spacial score (nSPS) is 16.8. The van der Waals surface area contributed by atoms with Crippen LogP contribution in [0.4, 0.5) is 18.9 Å². The lowest BCUT2D eigenvalue weighted by molar-refractivity contribution is -0.352. The molecule has 2 aromatic carbocycles. The maximum absolute atomic E-state index is 12.5. The number of benzene rings is 2. The number of aromatic nitrogens is 3. The Labute approximate surface area is 248 Å². The van der Waals surface area contributed by atoms with Crippen molar-refractivity contribution in [2.75, 3.05) is 5.32 Å². The Kier molecular flexibility index (Phi) is 7.16. The molecule has 5 aromatic rings. The fourth-order valence-electron chi connectivity index (χ4n) is 6.05. The molecule has 3 aromatic heterocycles. The van der Waals surface area contributed by atoms with Gasteiger partial charge in [-0.2, -0.15) is 5.10 Å². The number of halogens is 3. The standard InChI is InChI=1S/C34H33F3N4O2/c1-18-11-20(3)31(21(4)12-18)24-9-10-41-30(16-24)28(17-38-41)22(5)39-29-15-25(8-7-19(29)2)32-23(6)42-33(40-32)26-13-27(14-26)43-34(35,36)37/h7-12,15-17,26-27,39H,5,13-14H2,1-4,6H3. The predicted molar refractivity (Wildman–Crippen MR) is 162 cm³/mol. The maximum atomic E-state index is 12.5. The third-order valence-electron chi connectivity index (χ3n) is 8.17. The highest BCUT2D eigenvalue weighted by Gasteiger charge is 2.42. The highest BCUT2D eigenvalue weighted by Crippen LogP contribution is 2.42. The molecule has 6 nitrogen and oxygen atoms in total. The van der Waals surface area contributed by atoms with Crippen LogP contribution in [0.25, 0.3) is 33.6 Å². The SMILES string of the molecule is C=C(Nc1cc(-c2nc(C3CC(OC(F)(F)F)C3)oc2C)ccc1C)c1cnn2ccc(-c3c(C)cc(C)cc3C)cc12. The topological polar surface area (TPSA) is 64.6 Å². The molecule has 0 unspecified atom stereocenters. The number of pyridine rings is 1. The van der Waals surface area contributed by atoms with Gasteiger partial charge >= 0.3 is 6.36 Å². The van der Waals surface area contributed by atoms with Crippen LogP contribution in [0.1, 0.15) is 58.2 Å². The van der Waals surface area contributed by atoms with Crippen molar-refractivity contribution in [1.29, 1.82) is 0 Å². The summed E-state index contributed by atoms with van der Waals surface area (Å²) in [7, 11) is 0. The molecule has 222 valence electrons. The fraction of sp³-hybridized carbons (Fsp3) is 0.294. The van der Waals surface area contributed by atoms with Crippen LogP contribution in [0.5, 0.6) is 0 Å². The quantitative estimate of drug-likeness (QED) is 0.206. The molecule has 3 heterocycles. The summed E-state index contributed by atoms with van der Waals surface area (Å²) < 4.78 is 49.4. The van der Waals surface area contributed by atoms with Crippen LogP contribution >= 0.6 is 0 Å². The average molecular weight is 587 g/mol. The van der Waals surface area contributed by atoms with Crippen LogP contribution in [-0.4, -0.2) is 27.1 Å². The molecule has 0 radical (unpaired) electrons. The smallest absolute Gasteiger partial charge is 0.445 e. The van der Waals surface area contributed by atoms with Gasteiger partial charge in [0.15, 0.2) is 5.89 Å². The third kappa shape index (κ3) is 5.69. The lowest BCUT2D eigenvalue weighted by Crippen LogP contribution is -2.34. The van der Waals surface area contributed by atoms with Crippen molar-refractivity contribution < 1.29 is 22.3 Å². The Hall–Kier alpha value is -4.37. The zero-order chi connectivity index (χ0) is 30.6. The van der Waals surface area contributed by atoms with E-state index < -0.39 is 12.5 Å². The summed E-state index contributed by atoms with van der Waals surface area (Å²) in [5.41, 5.74) is 11.9. The second-order valence-electron chi connectivity index (χ2n) is 11.5. The molecule has 1 aliphatic rings. The summed E-state index contributed by atoms with van der Waals surface area (Å²) >= 11 is 0. The number of hydrogen-bond donors (Lipinski definition) is 1. The van der Waals surface area contributed by atoms with Gasteiger partial charge in [-0.1, -0.05) is 36.4 Å². The zero-order valence-electron chi connectivity index (χ0n) is 24.8. The van der Waals surface area contributed by atoms with Gasteiger partial charge in [-0.3, -0.25) is 4.74 Å². The number of oxazole rings is 1. The number of ether oxygens (including phenoxy) is 1. The molecule has 6 rings (SSSR count). The number of alkyl halides is 3. The second-order valence-corrected chi connectivity index (χ2v) is 11.5. The molecule has 43 heavy (non-hydrogen) atoms. The number of aryl methyl sites for hydroxylation is 5.